The number of aryl methyl sites for hydroxylation is 2. The van der Waals surface area contributed by atoms with E-state index in [0.717, 1.165) is 24.0 Å². The quantitative estimate of drug-likeness (QED) is 0.600. The average molecular weight is 255 g/mol. The molecule has 0 radical (unpaired) electrons. The van der Waals surface area contributed by atoms with Gasteiger partial charge in [-0.3, -0.25) is 0 Å². The van der Waals surface area contributed by atoms with Gasteiger partial charge in [0, 0.05) is 5.92 Å². The second-order valence-corrected chi connectivity index (χ2v) is 5.36. The summed E-state index contributed by atoms with van der Waals surface area (Å²) in [7, 11) is 0. The molecule has 1 saturated carbocycles. The molecule has 0 bridgehead atoms. The molecule has 0 atom stereocenters. The zero-order valence-electron chi connectivity index (χ0n) is 11.3. The molecule has 0 spiro atoms. The molecular weight excluding hydrogens is 238 g/mol. The highest BCUT2D eigenvalue weighted by atomic mass is 16.6. The van der Waals surface area contributed by atoms with E-state index in [-0.39, 0.29) is 5.97 Å². The van der Waals surface area contributed by atoms with Crippen LogP contribution in [-0.2, 0) is 9.53 Å². The molecule has 98 valence electrons. The number of esters is 1. The van der Waals surface area contributed by atoms with Crippen LogP contribution in [0.15, 0.2) is 28.9 Å². The van der Waals surface area contributed by atoms with Crippen LogP contribution < -0.4 is 0 Å². The third kappa shape index (κ3) is 2.33. The highest BCUT2D eigenvalue weighted by Gasteiger charge is 2.32. The Bertz CT molecular complexity index is 595. The van der Waals surface area contributed by atoms with Gasteiger partial charge >= 0.3 is 5.97 Å². The van der Waals surface area contributed by atoms with E-state index in [0.29, 0.717) is 17.5 Å². The van der Waals surface area contributed by atoms with Crippen LogP contribution in [0.2, 0.25) is 0 Å². The van der Waals surface area contributed by atoms with Crippen LogP contribution in [0.25, 0.3) is 6.08 Å². The van der Waals surface area contributed by atoms with Gasteiger partial charge in [0.05, 0.1) is 0 Å². The predicted molar refractivity (Wildman–Crippen MR) is 74.8 cm³/mol. The minimum absolute atomic E-state index is 0.317. The molecule has 1 aromatic rings. The van der Waals surface area contributed by atoms with Crippen LogP contribution in [0.1, 0.15) is 36.0 Å². The Balaban J connectivity index is 1.92. The lowest BCUT2D eigenvalue weighted by Gasteiger charge is -2.23. The Kier molecular flexibility index (Phi) is 2.97. The van der Waals surface area contributed by atoms with Crippen molar-refractivity contribution in [2.45, 2.75) is 33.1 Å². The number of nitrogens with zero attached hydrogens (tertiary/aromatic N) is 1. The van der Waals surface area contributed by atoms with Crippen molar-refractivity contribution < 1.29 is 9.53 Å². The lowest BCUT2D eigenvalue weighted by atomic mass is 9.85. The van der Waals surface area contributed by atoms with E-state index in [4.69, 9.17) is 4.74 Å². The first-order chi connectivity index (χ1) is 9.13. The maximum atomic E-state index is 11.8. The van der Waals surface area contributed by atoms with Crippen molar-refractivity contribution in [3.05, 3.63) is 40.6 Å². The molecule has 3 rings (SSSR count). The third-order valence-corrected chi connectivity index (χ3v) is 3.82. The smallest absolute Gasteiger partial charge is 0.363 e. The highest BCUT2D eigenvalue weighted by Crippen LogP contribution is 2.32. The summed E-state index contributed by atoms with van der Waals surface area (Å²) in [6.07, 6.45) is 5.21. The fourth-order valence-electron chi connectivity index (χ4n) is 2.32. The molecule has 2 aliphatic rings. The van der Waals surface area contributed by atoms with Crippen molar-refractivity contribution in [2.75, 3.05) is 0 Å². The van der Waals surface area contributed by atoms with Gasteiger partial charge in [0.1, 0.15) is 0 Å². The lowest BCUT2D eigenvalue weighted by molar-refractivity contribution is -0.130. The van der Waals surface area contributed by atoms with E-state index in [1.54, 1.807) is 0 Å². The van der Waals surface area contributed by atoms with Crippen LogP contribution in [-0.4, -0.2) is 11.9 Å². The summed E-state index contributed by atoms with van der Waals surface area (Å²) in [5.41, 5.74) is 3.77. The molecule has 0 unspecified atom stereocenters. The fourth-order valence-corrected chi connectivity index (χ4v) is 2.32. The summed E-state index contributed by atoms with van der Waals surface area (Å²) >= 11 is 0. The van der Waals surface area contributed by atoms with Gasteiger partial charge in [-0.25, -0.2) is 9.79 Å². The zero-order chi connectivity index (χ0) is 13.4. The fraction of sp³-hybridized carbons (Fsp3) is 0.375. The molecule has 1 heterocycles. The normalized spacial score (nSPS) is 21.3. The molecule has 0 saturated heterocycles. The molecule has 1 aliphatic heterocycles. The van der Waals surface area contributed by atoms with Gasteiger partial charge in [0.25, 0.3) is 0 Å². The molecule has 1 fully saturated rings. The van der Waals surface area contributed by atoms with E-state index in [2.05, 4.69) is 23.2 Å². The average Bonchev–Trinajstić information content (AvgIpc) is 2.63. The van der Waals surface area contributed by atoms with Crippen LogP contribution in [0.3, 0.4) is 0 Å². The molecule has 1 aliphatic carbocycles. The SMILES string of the molecule is Cc1ccc(C)c(/C=C2/N=C(C3CCC3)OC2=O)c1. The van der Waals surface area contributed by atoms with Crippen LogP contribution in [0, 0.1) is 19.8 Å². The molecule has 0 aromatic heterocycles. The molecule has 0 N–H and O–H groups in total. The maximum Gasteiger partial charge on any atom is 0.363 e. The number of hydrogen-bond acceptors (Lipinski definition) is 3. The van der Waals surface area contributed by atoms with Crippen molar-refractivity contribution in [3.8, 4) is 0 Å². The summed E-state index contributed by atoms with van der Waals surface area (Å²) in [6.45, 7) is 4.07. The second-order valence-electron chi connectivity index (χ2n) is 5.36. The first kappa shape index (κ1) is 12.2. The number of ether oxygens (including phenoxy) is 1. The standard InChI is InChI=1S/C16H17NO2/c1-10-6-7-11(2)13(8-10)9-14-16(18)19-15(17-14)12-4-3-5-12/h6-9,12H,3-5H2,1-2H3/b14-9+. The van der Waals surface area contributed by atoms with E-state index in [1.807, 2.05) is 19.9 Å². The zero-order valence-corrected chi connectivity index (χ0v) is 11.3. The minimum Gasteiger partial charge on any atom is -0.406 e. The van der Waals surface area contributed by atoms with E-state index in [1.165, 1.54) is 12.0 Å². The topological polar surface area (TPSA) is 38.7 Å². The Morgan fingerprint density at radius 3 is 2.79 bits per heavy atom. The van der Waals surface area contributed by atoms with Gasteiger partial charge in [-0.05, 0) is 43.9 Å². The van der Waals surface area contributed by atoms with Gasteiger partial charge in [-0.1, -0.05) is 30.2 Å². The van der Waals surface area contributed by atoms with Crippen molar-refractivity contribution in [3.63, 3.8) is 0 Å². The van der Waals surface area contributed by atoms with Gasteiger partial charge < -0.3 is 4.74 Å². The maximum absolute atomic E-state index is 11.8. The molecule has 1 aromatic carbocycles. The van der Waals surface area contributed by atoms with E-state index >= 15 is 0 Å². The minimum atomic E-state index is -0.317. The van der Waals surface area contributed by atoms with Crippen LogP contribution in [0.5, 0.6) is 0 Å². The number of hydrogen-bond donors (Lipinski definition) is 0. The number of cyclic esters (lactones) is 1. The van der Waals surface area contributed by atoms with Crippen molar-refractivity contribution in [2.24, 2.45) is 10.9 Å². The lowest BCUT2D eigenvalue weighted by Crippen LogP contribution is -2.22. The monoisotopic (exact) mass is 255 g/mol. The van der Waals surface area contributed by atoms with Gasteiger partial charge in [-0.15, -0.1) is 0 Å². The first-order valence-electron chi connectivity index (χ1n) is 6.73. The predicted octanol–water partition coefficient (Wildman–Crippen LogP) is 3.40. The van der Waals surface area contributed by atoms with Gasteiger partial charge in [0.15, 0.2) is 5.70 Å². The summed E-state index contributed by atoms with van der Waals surface area (Å²) in [5, 5.41) is 0. The molecule has 0 amide bonds. The summed E-state index contributed by atoms with van der Waals surface area (Å²) in [4.78, 5) is 16.2. The molecule has 3 heteroatoms. The van der Waals surface area contributed by atoms with Crippen LogP contribution >= 0.6 is 0 Å². The van der Waals surface area contributed by atoms with E-state index < -0.39 is 0 Å². The largest absolute Gasteiger partial charge is 0.406 e. The Morgan fingerprint density at radius 2 is 2.11 bits per heavy atom. The van der Waals surface area contributed by atoms with Gasteiger partial charge in [-0.2, -0.15) is 0 Å². The Labute approximate surface area is 113 Å². The molecule has 3 nitrogen and oxygen atoms in total. The highest BCUT2D eigenvalue weighted by molar-refractivity contribution is 6.08. The summed E-state index contributed by atoms with van der Waals surface area (Å²) < 4.78 is 5.26. The van der Waals surface area contributed by atoms with Crippen LogP contribution in [0.4, 0.5) is 0 Å². The number of carbonyl (C=O) groups excluding carboxylic acids is 1. The third-order valence-electron chi connectivity index (χ3n) is 3.82. The van der Waals surface area contributed by atoms with Crippen molar-refractivity contribution in [1.29, 1.82) is 0 Å². The number of carbonyl (C=O) groups is 1. The first-order valence-corrected chi connectivity index (χ1v) is 6.73. The second kappa shape index (κ2) is 4.65. The molecule has 19 heavy (non-hydrogen) atoms. The van der Waals surface area contributed by atoms with E-state index in [9.17, 15) is 4.79 Å². The Morgan fingerprint density at radius 1 is 1.32 bits per heavy atom. The van der Waals surface area contributed by atoms with Gasteiger partial charge in [0.2, 0.25) is 5.90 Å². The number of benzene rings is 1. The molecular formula is C16H17NO2. The summed E-state index contributed by atoms with van der Waals surface area (Å²) in [5.74, 6) is 0.657. The number of rotatable bonds is 2. The van der Waals surface area contributed by atoms with Crippen molar-refractivity contribution >= 4 is 17.9 Å². The number of aliphatic imine (C=N–C) groups is 1. The van der Waals surface area contributed by atoms with Crippen molar-refractivity contribution in [1.82, 2.24) is 0 Å². The Hall–Kier alpha value is -1.90. The summed E-state index contributed by atoms with van der Waals surface area (Å²) in [6, 6.07) is 6.18.